The summed E-state index contributed by atoms with van der Waals surface area (Å²) in [6.45, 7) is 0.372. The molecule has 2 rings (SSSR count). The molecule has 1 aromatic carbocycles. The van der Waals surface area contributed by atoms with Crippen molar-refractivity contribution in [2.24, 2.45) is 12.8 Å². The number of hydrogen-bond acceptors (Lipinski definition) is 4. The van der Waals surface area contributed by atoms with Crippen LogP contribution in [0.15, 0.2) is 27.8 Å². The zero-order valence-electron chi connectivity index (χ0n) is 9.38. The molecule has 0 aliphatic heterocycles. The highest BCUT2D eigenvalue weighted by Gasteiger charge is 2.10. The van der Waals surface area contributed by atoms with Crippen LogP contribution in [-0.2, 0) is 13.6 Å². The quantitative estimate of drug-likeness (QED) is 0.724. The number of rotatable bonds is 2. The molecule has 1 heterocycles. The van der Waals surface area contributed by atoms with Gasteiger partial charge < -0.3 is 10.8 Å². The van der Waals surface area contributed by atoms with Crippen LogP contribution < -0.4 is 17.0 Å². The van der Waals surface area contributed by atoms with E-state index in [1.807, 2.05) is 0 Å². The molecular weight excluding hydrogens is 222 g/mol. The van der Waals surface area contributed by atoms with Crippen LogP contribution in [0.3, 0.4) is 0 Å². The molecule has 0 fully saturated rings. The van der Waals surface area contributed by atoms with Crippen molar-refractivity contribution in [3.8, 4) is 5.75 Å². The molecule has 1 aromatic heterocycles. The predicted molar refractivity (Wildman–Crippen MR) is 64.2 cm³/mol. The highest BCUT2D eigenvalue weighted by molar-refractivity contribution is 5.79. The zero-order chi connectivity index (χ0) is 12.6. The lowest BCUT2D eigenvalue weighted by Gasteiger charge is -2.09. The number of benzene rings is 1. The molecule has 6 heteroatoms. The number of phenolic OH excluding ortho intramolecular Hbond substituents is 1. The minimum absolute atomic E-state index is 0.00690. The zero-order valence-corrected chi connectivity index (χ0v) is 9.38. The fourth-order valence-electron chi connectivity index (χ4n) is 1.83. The van der Waals surface area contributed by atoms with Crippen LogP contribution in [0.4, 0.5) is 0 Å². The Morgan fingerprint density at radius 3 is 2.71 bits per heavy atom. The van der Waals surface area contributed by atoms with E-state index in [-0.39, 0.29) is 18.8 Å². The molecule has 2 aromatic rings. The fraction of sp³-hybridized carbons (Fsp3) is 0.273. The van der Waals surface area contributed by atoms with Crippen LogP contribution in [0.25, 0.3) is 10.9 Å². The third-order valence-corrected chi connectivity index (χ3v) is 2.69. The third-order valence-electron chi connectivity index (χ3n) is 2.69. The first-order valence-electron chi connectivity index (χ1n) is 5.19. The topological polar surface area (TPSA) is 90.3 Å². The van der Waals surface area contributed by atoms with Crippen molar-refractivity contribution >= 4 is 10.9 Å². The largest absolute Gasteiger partial charge is 0.508 e. The Hall–Kier alpha value is -2.08. The highest BCUT2D eigenvalue weighted by atomic mass is 16.3. The number of nitrogens with zero attached hydrogens (tertiary/aromatic N) is 2. The van der Waals surface area contributed by atoms with E-state index in [0.717, 1.165) is 4.57 Å². The van der Waals surface area contributed by atoms with Crippen LogP contribution in [0.5, 0.6) is 5.75 Å². The third kappa shape index (κ3) is 1.72. The number of nitrogens with two attached hydrogens (primary N) is 1. The van der Waals surface area contributed by atoms with Crippen LogP contribution in [-0.4, -0.2) is 20.8 Å². The Kier molecular flexibility index (Phi) is 2.72. The molecule has 0 aliphatic carbocycles. The van der Waals surface area contributed by atoms with Crippen molar-refractivity contribution in [2.45, 2.75) is 6.54 Å². The lowest BCUT2D eigenvalue weighted by Crippen LogP contribution is -2.40. The van der Waals surface area contributed by atoms with E-state index in [1.54, 1.807) is 13.1 Å². The van der Waals surface area contributed by atoms with Gasteiger partial charge in [-0.25, -0.2) is 4.79 Å². The van der Waals surface area contributed by atoms with Gasteiger partial charge in [-0.2, -0.15) is 0 Å². The van der Waals surface area contributed by atoms with Crippen LogP contribution in [0.1, 0.15) is 0 Å². The first-order chi connectivity index (χ1) is 8.06. The van der Waals surface area contributed by atoms with E-state index in [4.69, 9.17) is 5.73 Å². The molecular formula is C11H13N3O3. The number of hydrogen-bond donors (Lipinski definition) is 2. The monoisotopic (exact) mass is 235 g/mol. The normalized spacial score (nSPS) is 10.9. The second kappa shape index (κ2) is 4.06. The van der Waals surface area contributed by atoms with Crippen molar-refractivity contribution in [1.82, 2.24) is 9.13 Å². The molecule has 0 unspecified atom stereocenters. The van der Waals surface area contributed by atoms with Crippen LogP contribution in [0.2, 0.25) is 0 Å². The Bertz CT molecular complexity index is 685. The van der Waals surface area contributed by atoms with E-state index in [1.165, 1.54) is 16.7 Å². The summed E-state index contributed by atoms with van der Waals surface area (Å²) in [5.41, 5.74) is 5.03. The molecule has 6 nitrogen and oxygen atoms in total. The second-order valence-corrected chi connectivity index (χ2v) is 3.79. The number of aromatic nitrogens is 2. The van der Waals surface area contributed by atoms with Gasteiger partial charge in [0.1, 0.15) is 5.75 Å². The molecule has 0 aliphatic rings. The summed E-state index contributed by atoms with van der Waals surface area (Å²) in [5, 5.41) is 9.68. The van der Waals surface area contributed by atoms with Gasteiger partial charge in [0.15, 0.2) is 0 Å². The first kappa shape index (κ1) is 11.4. The Labute approximate surface area is 96.5 Å². The van der Waals surface area contributed by atoms with Crippen molar-refractivity contribution in [3.63, 3.8) is 0 Å². The number of aromatic hydroxyl groups is 1. The highest BCUT2D eigenvalue weighted by Crippen LogP contribution is 2.14. The van der Waals surface area contributed by atoms with Gasteiger partial charge in [0, 0.05) is 20.1 Å². The van der Waals surface area contributed by atoms with Gasteiger partial charge in [0.25, 0.3) is 5.56 Å². The molecule has 0 bridgehead atoms. The minimum atomic E-state index is -0.426. The number of phenols is 1. The summed E-state index contributed by atoms with van der Waals surface area (Å²) in [5.74, 6) is -0.00690. The molecule has 17 heavy (non-hydrogen) atoms. The first-order valence-corrected chi connectivity index (χ1v) is 5.19. The maximum atomic E-state index is 12.0. The van der Waals surface area contributed by atoms with E-state index >= 15 is 0 Å². The summed E-state index contributed by atoms with van der Waals surface area (Å²) in [6, 6.07) is 4.33. The summed E-state index contributed by atoms with van der Waals surface area (Å²) in [6.07, 6.45) is 0. The smallest absolute Gasteiger partial charge is 0.331 e. The second-order valence-electron chi connectivity index (χ2n) is 3.79. The van der Waals surface area contributed by atoms with Crippen molar-refractivity contribution in [2.75, 3.05) is 6.54 Å². The average Bonchev–Trinajstić information content (AvgIpc) is 2.32. The maximum Gasteiger partial charge on any atom is 0.331 e. The van der Waals surface area contributed by atoms with Crippen molar-refractivity contribution in [1.29, 1.82) is 0 Å². The lowest BCUT2D eigenvalue weighted by molar-refractivity contribution is 0.476. The molecule has 3 N–H and O–H groups in total. The van der Waals surface area contributed by atoms with Crippen molar-refractivity contribution < 1.29 is 5.11 Å². The average molecular weight is 235 g/mol. The van der Waals surface area contributed by atoms with Crippen LogP contribution in [0, 0.1) is 0 Å². The maximum absolute atomic E-state index is 12.0. The Balaban J connectivity index is 2.96. The standard InChI is InChI=1S/C11H13N3O3/c1-13-9-3-2-7(15)6-8(9)10(16)14(5-4-12)11(13)17/h2-3,6,15H,4-5,12H2,1H3. The van der Waals surface area contributed by atoms with E-state index in [9.17, 15) is 14.7 Å². The fourth-order valence-corrected chi connectivity index (χ4v) is 1.83. The van der Waals surface area contributed by atoms with Crippen molar-refractivity contribution in [3.05, 3.63) is 39.0 Å². The van der Waals surface area contributed by atoms with Gasteiger partial charge >= 0.3 is 5.69 Å². The molecule has 0 radical (unpaired) electrons. The molecule has 0 atom stereocenters. The van der Waals surface area contributed by atoms with Gasteiger partial charge in [-0.1, -0.05) is 0 Å². The van der Waals surface area contributed by atoms with E-state index < -0.39 is 11.2 Å². The van der Waals surface area contributed by atoms with E-state index in [0.29, 0.717) is 10.9 Å². The van der Waals surface area contributed by atoms with Gasteiger partial charge in [0.2, 0.25) is 0 Å². The van der Waals surface area contributed by atoms with Gasteiger partial charge in [0.05, 0.1) is 10.9 Å². The minimum Gasteiger partial charge on any atom is -0.508 e. The number of fused-ring (bicyclic) bond motifs is 1. The Morgan fingerprint density at radius 1 is 1.35 bits per heavy atom. The summed E-state index contributed by atoms with van der Waals surface area (Å²) >= 11 is 0. The summed E-state index contributed by atoms with van der Waals surface area (Å²) < 4.78 is 2.44. The Morgan fingerprint density at radius 2 is 2.06 bits per heavy atom. The number of aryl methyl sites for hydroxylation is 1. The summed E-state index contributed by atoms with van der Waals surface area (Å²) in [7, 11) is 1.58. The molecule has 0 spiro atoms. The SMILES string of the molecule is Cn1c(=O)n(CCN)c(=O)c2cc(O)ccc21. The molecule has 0 amide bonds. The predicted octanol–water partition coefficient (Wildman–Crippen LogP) is -0.635. The molecule has 0 saturated carbocycles. The van der Waals surface area contributed by atoms with E-state index in [2.05, 4.69) is 0 Å². The lowest BCUT2D eigenvalue weighted by atomic mass is 10.2. The molecule has 90 valence electrons. The van der Waals surface area contributed by atoms with Gasteiger partial charge in [-0.3, -0.25) is 13.9 Å². The molecule has 0 saturated heterocycles. The summed E-state index contributed by atoms with van der Waals surface area (Å²) in [4.78, 5) is 23.9. The van der Waals surface area contributed by atoms with Gasteiger partial charge in [-0.15, -0.1) is 0 Å². The van der Waals surface area contributed by atoms with Gasteiger partial charge in [-0.05, 0) is 18.2 Å². The van der Waals surface area contributed by atoms with Crippen LogP contribution >= 0.6 is 0 Å².